The Morgan fingerprint density at radius 3 is 2.58 bits per heavy atom. The summed E-state index contributed by atoms with van der Waals surface area (Å²) in [6.07, 6.45) is -2.63. The minimum Gasteiger partial charge on any atom is -0.484 e. The lowest BCUT2D eigenvalue weighted by atomic mass is 10.0. The molecule has 2 aromatic rings. The Morgan fingerprint density at radius 1 is 1.19 bits per heavy atom. The molecule has 2 atom stereocenters. The summed E-state index contributed by atoms with van der Waals surface area (Å²) in [7, 11) is 0. The van der Waals surface area contributed by atoms with Gasteiger partial charge in [0.2, 0.25) is 0 Å². The fraction of sp³-hybridized carbons (Fsp3) is 0.391. The molecule has 0 aromatic heterocycles. The van der Waals surface area contributed by atoms with E-state index in [0.717, 1.165) is 25.0 Å². The third kappa shape index (κ3) is 4.52. The van der Waals surface area contributed by atoms with Crippen LogP contribution in [0.1, 0.15) is 35.7 Å². The molecular weight excluding hydrogens is 409 g/mol. The molecule has 1 aliphatic heterocycles. The van der Waals surface area contributed by atoms with Crippen molar-refractivity contribution in [2.45, 2.75) is 25.9 Å². The van der Waals surface area contributed by atoms with Gasteiger partial charge in [0.05, 0.1) is 5.56 Å². The van der Waals surface area contributed by atoms with Crippen molar-refractivity contribution in [1.29, 1.82) is 0 Å². The van der Waals surface area contributed by atoms with E-state index in [1.165, 1.54) is 6.07 Å². The second-order valence-electron chi connectivity index (χ2n) is 8.25. The van der Waals surface area contributed by atoms with Gasteiger partial charge in [-0.25, -0.2) is 0 Å². The van der Waals surface area contributed by atoms with Gasteiger partial charge in [0.15, 0.2) is 6.61 Å². The van der Waals surface area contributed by atoms with Gasteiger partial charge in [0.1, 0.15) is 5.75 Å². The molecule has 2 aromatic carbocycles. The topological polar surface area (TPSA) is 58.6 Å². The zero-order valence-corrected chi connectivity index (χ0v) is 17.0. The fourth-order valence-corrected chi connectivity index (χ4v) is 4.33. The van der Waals surface area contributed by atoms with Gasteiger partial charge in [-0.3, -0.25) is 9.59 Å². The highest BCUT2D eigenvalue weighted by molar-refractivity contribution is 5.98. The minimum atomic E-state index is -4.64. The summed E-state index contributed by atoms with van der Waals surface area (Å²) in [4.78, 5) is 26.7. The van der Waals surface area contributed by atoms with Crippen LogP contribution in [0.5, 0.6) is 5.75 Å². The zero-order valence-electron chi connectivity index (χ0n) is 17.0. The highest BCUT2D eigenvalue weighted by Gasteiger charge is 2.59. The quantitative estimate of drug-likeness (QED) is 0.726. The van der Waals surface area contributed by atoms with Crippen LogP contribution in [0.15, 0.2) is 48.5 Å². The Bertz CT molecular complexity index is 989. The lowest BCUT2D eigenvalue weighted by Gasteiger charge is -2.21. The van der Waals surface area contributed by atoms with E-state index in [0.29, 0.717) is 24.8 Å². The second kappa shape index (κ2) is 7.90. The molecular formula is C23H23F3N2O3. The normalized spacial score (nSPS) is 22.1. The molecule has 0 unspecified atom stereocenters. The van der Waals surface area contributed by atoms with Crippen LogP contribution in [-0.2, 0) is 11.0 Å². The first-order valence-electron chi connectivity index (χ1n) is 10.2. The number of rotatable bonds is 6. The number of benzene rings is 2. The SMILES string of the molecule is CC[C@]12C[C@H]1CN(C(=O)c1cc(NC(=O)COc3ccccc3)cc(C(F)(F)F)c1)C2. The van der Waals surface area contributed by atoms with E-state index in [9.17, 15) is 22.8 Å². The molecule has 0 radical (unpaired) electrons. The first kappa shape index (κ1) is 21.2. The van der Waals surface area contributed by atoms with Crippen LogP contribution in [0.2, 0.25) is 0 Å². The number of fused-ring (bicyclic) bond motifs is 1. The van der Waals surface area contributed by atoms with Gasteiger partial charge in [-0.2, -0.15) is 13.2 Å². The predicted octanol–water partition coefficient (Wildman–Crippen LogP) is 4.60. The maximum atomic E-state index is 13.4. The van der Waals surface area contributed by atoms with Crippen molar-refractivity contribution in [2.24, 2.45) is 11.3 Å². The zero-order chi connectivity index (χ0) is 22.2. The molecule has 1 saturated heterocycles. The number of alkyl halides is 3. The number of ether oxygens (including phenoxy) is 1. The summed E-state index contributed by atoms with van der Waals surface area (Å²) in [5.74, 6) is -0.160. The van der Waals surface area contributed by atoms with Crippen molar-refractivity contribution in [1.82, 2.24) is 4.90 Å². The van der Waals surface area contributed by atoms with E-state index in [1.54, 1.807) is 35.2 Å². The number of carbonyl (C=O) groups is 2. The van der Waals surface area contributed by atoms with Crippen LogP contribution in [0.3, 0.4) is 0 Å². The Kier molecular flexibility index (Phi) is 5.41. The number of likely N-dealkylation sites (tertiary alicyclic amines) is 1. The number of hydrogen-bond donors (Lipinski definition) is 1. The lowest BCUT2D eigenvalue weighted by molar-refractivity contribution is -0.137. The van der Waals surface area contributed by atoms with Gasteiger partial charge in [-0.05, 0) is 54.5 Å². The standard InChI is InChI=1S/C23H23F3N2O3/c1-2-22-11-17(22)12-28(14-22)21(30)15-8-16(23(24,25)26)10-18(9-15)27-20(29)13-31-19-6-4-3-5-7-19/h3-10,17H,2,11-14H2,1H3,(H,27,29)/t17-,22+/m0/s1. The number of amides is 2. The molecule has 0 spiro atoms. The number of halogens is 3. The van der Waals surface area contributed by atoms with Crippen molar-refractivity contribution in [3.8, 4) is 5.75 Å². The minimum absolute atomic E-state index is 0.0818. The number of para-hydroxylation sites is 1. The molecule has 1 aliphatic carbocycles. The Hall–Kier alpha value is -3.03. The summed E-state index contributed by atoms with van der Waals surface area (Å²) in [5, 5.41) is 2.41. The molecule has 4 rings (SSSR count). The molecule has 2 aliphatic rings. The summed E-state index contributed by atoms with van der Waals surface area (Å²) >= 11 is 0. The van der Waals surface area contributed by atoms with Gasteiger partial charge in [0.25, 0.3) is 11.8 Å². The van der Waals surface area contributed by atoms with E-state index >= 15 is 0 Å². The van der Waals surface area contributed by atoms with E-state index in [1.807, 2.05) is 0 Å². The van der Waals surface area contributed by atoms with E-state index in [2.05, 4.69) is 12.2 Å². The Morgan fingerprint density at radius 2 is 1.94 bits per heavy atom. The molecule has 31 heavy (non-hydrogen) atoms. The number of nitrogens with zero attached hydrogens (tertiary/aromatic N) is 1. The van der Waals surface area contributed by atoms with Gasteiger partial charge < -0.3 is 15.0 Å². The van der Waals surface area contributed by atoms with Crippen molar-refractivity contribution in [3.05, 3.63) is 59.7 Å². The average Bonchev–Trinajstić information content (AvgIpc) is 3.31. The van der Waals surface area contributed by atoms with Crippen LogP contribution in [0, 0.1) is 11.3 Å². The van der Waals surface area contributed by atoms with Gasteiger partial charge in [-0.15, -0.1) is 0 Å². The summed E-state index contributed by atoms with van der Waals surface area (Å²) < 4.78 is 45.6. The fourth-order valence-electron chi connectivity index (χ4n) is 4.33. The lowest BCUT2D eigenvalue weighted by Crippen LogP contribution is -2.32. The Labute approximate surface area is 178 Å². The monoisotopic (exact) mass is 432 g/mol. The molecule has 2 amide bonds. The van der Waals surface area contributed by atoms with Crippen molar-refractivity contribution in [2.75, 3.05) is 25.0 Å². The molecule has 1 saturated carbocycles. The summed E-state index contributed by atoms with van der Waals surface area (Å²) in [6.45, 7) is 2.84. The van der Waals surface area contributed by atoms with E-state index < -0.39 is 23.6 Å². The van der Waals surface area contributed by atoms with Crippen LogP contribution in [0.25, 0.3) is 0 Å². The maximum absolute atomic E-state index is 13.4. The summed E-state index contributed by atoms with van der Waals surface area (Å²) in [6, 6.07) is 11.6. The largest absolute Gasteiger partial charge is 0.484 e. The molecule has 0 bridgehead atoms. The van der Waals surface area contributed by atoms with Crippen LogP contribution in [-0.4, -0.2) is 36.4 Å². The first-order valence-corrected chi connectivity index (χ1v) is 10.2. The molecule has 2 fully saturated rings. The van der Waals surface area contributed by atoms with Gasteiger partial charge in [0, 0.05) is 24.3 Å². The highest BCUT2D eigenvalue weighted by atomic mass is 19.4. The smallest absolute Gasteiger partial charge is 0.416 e. The molecule has 1 N–H and O–H groups in total. The number of nitrogens with one attached hydrogen (secondary N) is 1. The van der Waals surface area contributed by atoms with Crippen molar-refractivity contribution < 1.29 is 27.5 Å². The molecule has 1 heterocycles. The van der Waals surface area contributed by atoms with Crippen molar-refractivity contribution >= 4 is 17.5 Å². The molecule has 8 heteroatoms. The third-order valence-corrected chi connectivity index (χ3v) is 6.20. The van der Waals surface area contributed by atoms with Crippen LogP contribution in [0.4, 0.5) is 18.9 Å². The number of piperidine rings is 1. The van der Waals surface area contributed by atoms with E-state index in [4.69, 9.17) is 4.74 Å². The molecule has 5 nitrogen and oxygen atoms in total. The Balaban J connectivity index is 1.49. The van der Waals surface area contributed by atoms with Crippen LogP contribution >= 0.6 is 0 Å². The van der Waals surface area contributed by atoms with Gasteiger partial charge >= 0.3 is 6.18 Å². The van der Waals surface area contributed by atoms with Crippen LogP contribution < -0.4 is 10.1 Å². The van der Waals surface area contributed by atoms with Crippen molar-refractivity contribution in [3.63, 3.8) is 0 Å². The van der Waals surface area contributed by atoms with E-state index in [-0.39, 0.29) is 23.3 Å². The highest BCUT2D eigenvalue weighted by Crippen LogP contribution is 2.60. The average molecular weight is 432 g/mol. The van der Waals surface area contributed by atoms with Gasteiger partial charge in [-0.1, -0.05) is 25.1 Å². The maximum Gasteiger partial charge on any atom is 0.416 e. The number of carbonyl (C=O) groups excluding carboxylic acids is 2. The second-order valence-corrected chi connectivity index (χ2v) is 8.25. The molecule has 164 valence electrons. The first-order chi connectivity index (χ1) is 14.7. The number of hydrogen-bond acceptors (Lipinski definition) is 3. The predicted molar refractivity (Wildman–Crippen MR) is 109 cm³/mol. The number of anilines is 1. The summed E-state index contributed by atoms with van der Waals surface area (Å²) in [5.41, 5.74) is -1.02. The third-order valence-electron chi connectivity index (χ3n) is 6.20.